The van der Waals surface area contributed by atoms with Crippen LogP contribution in [-0.4, -0.2) is 55.6 Å². The van der Waals surface area contributed by atoms with E-state index in [0.717, 1.165) is 13.1 Å². The maximum atomic E-state index is 13.3. The van der Waals surface area contributed by atoms with Crippen LogP contribution in [0.2, 0.25) is 0 Å². The van der Waals surface area contributed by atoms with Gasteiger partial charge in [0.1, 0.15) is 5.82 Å². The van der Waals surface area contributed by atoms with Crippen LogP contribution in [0.5, 0.6) is 0 Å². The third-order valence-corrected chi connectivity index (χ3v) is 3.10. The van der Waals surface area contributed by atoms with Gasteiger partial charge in [-0.3, -0.25) is 4.90 Å². The molecule has 5 heteroatoms. The number of hydrogen-bond acceptors (Lipinski definition) is 4. The van der Waals surface area contributed by atoms with Crippen LogP contribution in [-0.2, 0) is 16.1 Å². The molecule has 2 rings (SSSR count). The second-order valence-corrected chi connectivity index (χ2v) is 4.67. The number of benzene rings is 1. The largest absolute Gasteiger partial charge is 0.389 e. The third-order valence-electron chi connectivity index (χ3n) is 3.10. The maximum Gasteiger partial charge on any atom is 0.128 e. The molecule has 1 aromatic rings. The summed E-state index contributed by atoms with van der Waals surface area (Å²) in [5.41, 5.74) is 0.515. The van der Waals surface area contributed by atoms with Crippen molar-refractivity contribution in [2.75, 3.05) is 39.5 Å². The molecule has 19 heavy (non-hydrogen) atoms. The fourth-order valence-corrected chi connectivity index (χ4v) is 2.05. The van der Waals surface area contributed by atoms with E-state index in [4.69, 9.17) is 9.47 Å². The number of aliphatic hydroxyl groups excluding tert-OH is 1. The smallest absolute Gasteiger partial charge is 0.128 e. The number of hydrogen-bond donors (Lipinski definition) is 1. The van der Waals surface area contributed by atoms with Crippen molar-refractivity contribution >= 4 is 0 Å². The Bertz CT molecular complexity index is 383. The zero-order valence-electron chi connectivity index (χ0n) is 10.9. The molecule has 1 aliphatic heterocycles. The van der Waals surface area contributed by atoms with Crippen molar-refractivity contribution in [1.82, 2.24) is 4.90 Å². The fourth-order valence-electron chi connectivity index (χ4n) is 2.05. The highest BCUT2D eigenvalue weighted by Gasteiger charge is 2.15. The highest BCUT2D eigenvalue weighted by Crippen LogP contribution is 2.08. The number of morpholine rings is 1. The average Bonchev–Trinajstić information content (AvgIpc) is 2.42. The molecule has 1 fully saturated rings. The Morgan fingerprint density at radius 3 is 2.79 bits per heavy atom. The summed E-state index contributed by atoms with van der Waals surface area (Å²) in [6.07, 6.45) is -0.551. The van der Waals surface area contributed by atoms with Crippen molar-refractivity contribution in [3.8, 4) is 0 Å². The highest BCUT2D eigenvalue weighted by atomic mass is 19.1. The van der Waals surface area contributed by atoms with Crippen molar-refractivity contribution < 1.29 is 19.0 Å². The van der Waals surface area contributed by atoms with Gasteiger partial charge in [0.05, 0.1) is 32.5 Å². The molecular weight excluding hydrogens is 249 g/mol. The molecule has 0 radical (unpaired) electrons. The Hall–Kier alpha value is -1.01. The number of ether oxygens (including phenoxy) is 2. The number of aliphatic hydroxyl groups is 1. The van der Waals surface area contributed by atoms with Gasteiger partial charge in [0.2, 0.25) is 0 Å². The van der Waals surface area contributed by atoms with E-state index in [9.17, 15) is 9.50 Å². The van der Waals surface area contributed by atoms with Gasteiger partial charge in [-0.05, 0) is 6.07 Å². The summed E-state index contributed by atoms with van der Waals surface area (Å²) < 4.78 is 23.9. The second-order valence-electron chi connectivity index (χ2n) is 4.67. The topological polar surface area (TPSA) is 41.9 Å². The summed E-state index contributed by atoms with van der Waals surface area (Å²) in [6, 6.07) is 6.50. The van der Waals surface area contributed by atoms with Crippen LogP contribution < -0.4 is 0 Å². The first-order valence-electron chi connectivity index (χ1n) is 6.55. The zero-order valence-corrected chi connectivity index (χ0v) is 10.9. The number of rotatable bonds is 6. The maximum absolute atomic E-state index is 13.3. The van der Waals surface area contributed by atoms with E-state index in [1.807, 2.05) is 0 Å². The van der Waals surface area contributed by atoms with Crippen LogP contribution in [0, 0.1) is 5.82 Å². The Labute approximate surface area is 112 Å². The van der Waals surface area contributed by atoms with Crippen molar-refractivity contribution in [2.24, 2.45) is 0 Å². The van der Waals surface area contributed by atoms with E-state index >= 15 is 0 Å². The van der Waals surface area contributed by atoms with E-state index < -0.39 is 6.10 Å². The first-order valence-corrected chi connectivity index (χ1v) is 6.55. The van der Waals surface area contributed by atoms with Gasteiger partial charge in [-0.2, -0.15) is 0 Å². The predicted molar refractivity (Wildman–Crippen MR) is 69.3 cm³/mol. The normalized spacial score (nSPS) is 18.4. The monoisotopic (exact) mass is 269 g/mol. The van der Waals surface area contributed by atoms with Gasteiger partial charge < -0.3 is 14.6 Å². The Balaban J connectivity index is 1.66. The molecule has 1 aliphatic rings. The van der Waals surface area contributed by atoms with E-state index in [2.05, 4.69) is 4.90 Å². The quantitative estimate of drug-likeness (QED) is 0.838. The van der Waals surface area contributed by atoms with Crippen molar-refractivity contribution in [3.63, 3.8) is 0 Å². The lowest BCUT2D eigenvalue weighted by molar-refractivity contribution is -0.0178. The molecule has 1 N–H and O–H groups in total. The van der Waals surface area contributed by atoms with Gasteiger partial charge in [0.25, 0.3) is 0 Å². The van der Waals surface area contributed by atoms with Crippen molar-refractivity contribution in [3.05, 3.63) is 35.6 Å². The first kappa shape index (κ1) is 14.4. The Kier molecular flexibility index (Phi) is 5.72. The summed E-state index contributed by atoms with van der Waals surface area (Å²) >= 11 is 0. The van der Waals surface area contributed by atoms with Crippen LogP contribution in [0.4, 0.5) is 4.39 Å². The Morgan fingerprint density at radius 1 is 1.32 bits per heavy atom. The molecule has 0 amide bonds. The lowest BCUT2D eigenvalue weighted by Crippen LogP contribution is -2.42. The van der Waals surface area contributed by atoms with E-state index in [-0.39, 0.29) is 19.0 Å². The average molecular weight is 269 g/mol. The summed E-state index contributed by atoms with van der Waals surface area (Å²) in [4.78, 5) is 2.14. The van der Waals surface area contributed by atoms with E-state index in [0.29, 0.717) is 25.3 Å². The molecule has 1 saturated heterocycles. The van der Waals surface area contributed by atoms with Crippen LogP contribution in [0.1, 0.15) is 5.56 Å². The lowest BCUT2D eigenvalue weighted by atomic mass is 10.2. The van der Waals surface area contributed by atoms with Gasteiger partial charge in [0.15, 0.2) is 0 Å². The van der Waals surface area contributed by atoms with Gasteiger partial charge in [0, 0.05) is 25.2 Å². The molecule has 106 valence electrons. The van der Waals surface area contributed by atoms with Crippen molar-refractivity contribution in [1.29, 1.82) is 0 Å². The van der Waals surface area contributed by atoms with Gasteiger partial charge in [-0.15, -0.1) is 0 Å². The Morgan fingerprint density at radius 2 is 2.05 bits per heavy atom. The number of β-amino-alcohol motifs (C(OH)–C–C–N with tert-alkyl or cyclic N) is 1. The van der Waals surface area contributed by atoms with Gasteiger partial charge in [-0.25, -0.2) is 4.39 Å². The van der Waals surface area contributed by atoms with Gasteiger partial charge >= 0.3 is 0 Å². The molecule has 0 aromatic heterocycles. The van der Waals surface area contributed by atoms with Crippen molar-refractivity contribution in [2.45, 2.75) is 12.7 Å². The van der Waals surface area contributed by atoms with Crippen LogP contribution >= 0.6 is 0 Å². The summed E-state index contributed by atoms with van der Waals surface area (Å²) in [5, 5.41) is 9.85. The van der Waals surface area contributed by atoms with Gasteiger partial charge in [-0.1, -0.05) is 18.2 Å². The molecule has 0 bridgehead atoms. The van der Waals surface area contributed by atoms with E-state index in [1.54, 1.807) is 18.2 Å². The molecule has 1 heterocycles. The summed E-state index contributed by atoms with van der Waals surface area (Å²) in [7, 11) is 0. The molecule has 4 nitrogen and oxygen atoms in total. The molecule has 1 aromatic carbocycles. The number of halogens is 1. The van der Waals surface area contributed by atoms with Crippen LogP contribution in [0.25, 0.3) is 0 Å². The molecule has 0 aliphatic carbocycles. The summed E-state index contributed by atoms with van der Waals surface area (Å²) in [6.45, 7) is 4.07. The lowest BCUT2D eigenvalue weighted by Gasteiger charge is -2.28. The number of nitrogens with zero attached hydrogens (tertiary/aromatic N) is 1. The minimum absolute atomic E-state index is 0.187. The molecule has 0 saturated carbocycles. The minimum atomic E-state index is -0.551. The fraction of sp³-hybridized carbons (Fsp3) is 0.571. The second kappa shape index (κ2) is 7.55. The minimum Gasteiger partial charge on any atom is -0.389 e. The SMILES string of the molecule is O[C@H](COCc1ccccc1F)CN1CCOCC1. The molecule has 0 unspecified atom stereocenters. The van der Waals surface area contributed by atoms with Crippen LogP contribution in [0.15, 0.2) is 24.3 Å². The molecule has 0 spiro atoms. The highest BCUT2D eigenvalue weighted by molar-refractivity contribution is 5.16. The molecular formula is C14H20FNO3. The summed E-state index contributed by atoms with van der Waals surface area (Å²) in [5.74, 6) is -0.273. The van der Waals surface area contributed by atoms with Crippen LogP contribution in [0.3, 0.4) is 0 Å². The third kappa shape index (κ3) is 4.87. The van der Waals surface area contributed by atoms with E-state index in [1.165, 1.54) is 6.07 Å². The predicted octanol–water partition coefficient (Wildman–Crippen LogP) is 1.04. The zero-order chi connectivity index (χ0) is 13.5. The standard InChI is InChI=1S/C14H20FNO3/c15-14-4-2-1-3-12(14)10-19-11-13(17)9-16-5-7-18-8-6-16/h1-4,13,17H,5-11H2/t13-/m0/s1. The molecule has 1 atom stereocenters. The first-order chi connectivity index (χ1) is 9.25.